The Kier molecular flexibility index (Phi) is 2.92. The zero-order chi connectivity index (χ0) is 18.2. The van der Waals surface area contributed by atoms with Crippen LogP contribution in [0.15, 0.2) is 12.2 Å². The van der Waals surface area contributed by atoms with Gasteiger partial charge in [-0.1, -0.05) is 20.4 Å². The second-order valence-corrected chi connectivity index (χ2v) is 10.9. The van der Waals surface area contributed by atoms with Crippen molar-refractivity contribution in [3.8, 4) is 0 Å². The number of aliphatic hydroxyl groups is 3. The molecular weight excluding hydrogens is 326 g/mol. The minimum absolute atomic E-state index is 0.0547. The van der Waals surface area contributed by atoms with E-state index in [9.17, 15) is 15.3 Å². The van der Waals surface area contributed by atoms with Gasteiger partial charge in [-0.15, -0.1) is 0 Å². The van der Waals surface area contributed by atoms with Crippen LogP contribution in [0.3, 0.4) is 0 Å². The topological polar surface area (TPSA) is 63.9 Å². The van der Waals surface area contributed by atoms with Crippen LogP contribution in [0.5, 0.6) is 0 Å². The van der Waals surface area contributed by atoms with E-state index in [2.05, 4.69) is 25.3 Å². The third kappa shape index (κ3) is 1.37. The standard InChI is InChI=1S/C22H33NO3/c1-4-23-10-20(3)6-5-17(25)22-15(20)7-13(18(22)23)21-9-12(11(2)19(21)26)14(24)8-16(21)22/h12-19,24-26H,2,4-10H2,1,3H3/t12-,13+,14+,15-,16-,17-,18?,19-,20+,21+,22+/m1/s1. The van der Waals surface area contributed by atoms with Crippen LogP contribution in [0, 0.1) is 39.9 Å². The molecule has 5 aliphatic carbocycles. The first-order chi connectivity index (χ1) is 12.3. The second-order valence-electron chi connectivity index (χ2n) is 10.9. The molecule has 1 aliphatic heterocycles. The average molecular weight is 360 g/mol. The summed E-state index contributed by atoms with van der Waals surface area (Å²) in [7, 11) is 0. The molecule has 0 aromatic carbocycles. The third-order valence-electron chi connectivity index (χ3n) is 10.6. The monoisotopic (exact) mass is 359 g/mol. The number of rotatable bonds is 1. The molecule has 1 heterocycles. The van der Waals surface area contributed by atoms with Gasteiger partial charge in [0.2, 0.25) is 0 Å². The van der Waals surface area contributed by atoms with Gasteiger partial charge in [-0.2, -0.15) is 0 Å². The van der Waals surface area contributed by atoms with E-state index >= 15 is 0 Å². The highest BCUT2D eigenvalue weighted by Gasteiger charge is 2.85. The maximum atomic E-state index is 11.5. The van der Waals surface area contributed by atoms with E-state index in [1.54, 1.807) is 0 Å². The van der Waals surface area contributed by atoms with Gasteiger partial charge in [0.05, 0.1) is 18.3 Å². The van der Waals surface area contributed by atoms with E-state index in [4.69, 9.17) is 0 Å². The number of nitrogens with zero attached hydrogens (tertiary/aromatic N) is 1. The van der Waals surface area contributed by atoms with Crippen LogP contribution in [0.2, 0.25) is 0 Å². The molecule has 0 radical (unpaired) electrons. The fraction of sp³-hybridized carbons (Fsp3) is 0.909. The Morgan fingerprint density at radius 3 is 2.69 bits per heavy atom. The van der Waals surface area contributed by atoms with E-state index in [0.717, 1.165) is 50.8 Å². The quantitative estimate of drug-likeness (QED) is 0.625. The number of fused-ring (bicyclic) bond motifs is 1. The van der Waals surface area contributed by atoms with Gasteiger partial charge < -0.3 is 15.3 Å². The van der Waals surface area contributed by atoms with Gasteiger partial charge >= 0.3 is 0 Å². The van der Waals surface area contributed by atoms with E-state index in [1.165, 1.54) is 0 Å². The molecule has 0 aromatic heterocycles. The first-order valence-corrected chi connectivity index (χ1v) is 10.8. The Labute approximate surface area is 156 Å². The Hall–Kier alpha value is -0.420. The van der Waals surface area contributed by atoms with Crippen molar-refractivity contribution in [1.82, 2.24) is 4.90 Å². The summed E-state index contributed by atoms with van der Waals surface area (Å²) in [5.74, 6) is 1.26. The molecule has 1 saturated heterocycles. The minimum atomic E-state index is -0.500. The van der Waals surface area contributed by atoms with Gasteiger partial charge in [0, 0.05) is 29.3 Å². The summed E-state index contributed by atoms with van der Waals surface area (Å²) in [5, 5.41) is 33.8. The molecule has 7 bridgehead atoms. The molecule has 144 valence electrons. The highest BCUT2D eigenvalue weighted by atomic mass is 16.3. The molecule has 5 saturated carbocycles. The van der Waals surface area contributed by atoms with E-state index in [1.807, 2.05) is 0 Å². The lowest BCUT2D eigenvalue weighted by atomic mass is 9.43. The van der Waals surface area contributed by atoms with Crippen molar-refractivity contribution in [2.75, 3.05) is 13.1 Å². The van der Waals surface area contributed by atoms with Crippen LogP contribution in [-0.2, 0) is 0 Å². The van der Waals surface area contributed by atoms with Gasteiger partial charge in [-0.3, -0.25) is 4.90 Å². The van der Waals surface area contributed by atoms with Crippen LogP contribution >= 0.6 is 0 Å². The predicted octanol–water partition coefficient (Wildman–Crippen LogP) is 1.79. The van der Waals surface area contributed by atoms with Gasteiger partial charge in [0.15, 0.2) is 0 Å². The average Bonchev–Trinajstić information content (AvgIpc) is 3.14. The largest absolute Gasteiger partial charge is 0.392 e. The Balaban J connectivity index is 1.61. The normalized spacial score (nSPS) is 65.5. The Morgan fingerprint density at radius 2 is 1.96 bits per heavy atom. The summed E-state index contributed by atoms with van der Waals surface area (Å²) < 4.78 is 0. The predicted molar refractivity (Wildman–Crippen MR) is 98.2 cm³/mol. The molecule has 1 unspecified atom stereocenters. The van der Waals surface area contributed by atoms with Crippen molar-refractivity contribution in [3.63, 3.8) is 0 Å². The summed E-state index contributed by atoms with van der Waals surface area (Å²) in [6.07, 6.45) is 3.58. The van der Waals surface area contributed by atoms with Crippen molar-refractivity contribution in [3.05, 3.63) is 12.2 Å². The lowest BCUT2D eigenvalue weighted by Crippen LogP contribution is -2.68. The Bertz CT molecular complexity index is 695. The first kappa shape index (κ1) is 16.5. The molecule has 6 aliphatic rings. The number of piperidine rings is 1. The van der Waals surface area contributed by atoms with Crippen LogP contribution in [0.1, 0.15) is 46.0 Å². The summed E-state index contributed by atoms with van der Waals surface area (Å²) >= 11 is 0. The van der Waals surface area contributed by atoms with Crippen molar-refractivity contribution >= 4 is 0 Å². The van der Waals surface area contributed by atoms with Gasteiger partial charge in [-0.05, 0) is 67.4 Å². The van der Waals surface area contributed by atoms with Crippen LogP contribution in [0.25, 0.3) is 0 Å². The molecule has 6 fully saturated rings. The number of hydrogen-bond donors (Lipinski definition) is 3. The molecule has 3 N–H and O–H groups in total. The van der Waals surface area contributed by atoms with Crippen LogP contribution in [-0.4, -0.2) is 57.7 Å². The van der Waals surface area contributed by atoms with E-state index in [0.29, 0.717) is 17.9 Å². The number of hydrogen-bond acceptors (Lipinski definition) is 4. The molecule has 11 atom stereocenters. The number of likely N-dealkylation sites (tertiary alicyclic amines) is 1. The van der Waals surface area contributed by atoms with Crippen molar-refractivity contribution in [2.24, 2.45) is 39.9 Å². The first-order valence-electron chi connectivity index (χ1n) is 10.8. The zero-order valence-corrected chi connectivity index (χ0v) is 16.1. The van der Waals surface area contributed by atoms with Gasteiger partial charge in [0.25, 0.3) is 0 Å². The Morgan fingerprint density at radius 1 is 1.19 bits per heavy atom. The van der Waals surface area contributed by atoms with E-state index in [-0.39, 0.29) is 34.2 Å². The highest BCUT2D eigenvalue weighted by molar-refractivity contribution is 5.39. The molecule has 4 heteroatoms. The van der Waals surface area contributed by atoms with Crippen LogP contribution < -0.4 is 0 Å². The van der Waals surface area contributed by atoms with Gasteiger partial charge in [0.1, 0.15) is 0 Å². The molecule has 2 spiro atoms. The summed E-state index contributed by atoms with van der Waals surface area (Å²) in [5.41, 5.74) is 0.849. The zero-order valence-electron chi connectivity index (χ0n) is 16.1. The highest BCUT2D eigenvalue weighted by Crippen LogP contribution is 2.83. The fourth-order valence-corrected chi connectivity index (χ4v) is 9.97. The minimum Gasteiger partial charge on any atom is -0.392 e. The summed E-state index contributed by atoms with van der Waals surface area (Å²) in [4.78, 5) is 2.65. The maximum absolute atomic E-state index is 11.5. The second kappa shape index (κ2) is 4.59. The van der Waals surface area contributed by atoms with Crippen molar-refractivity contribution in [2.45, 2.75) is 70.3 Å². The molecule has 26 heavy (non-hydrogen) atoms. The maximum Gasteiger partial charge on any atom is 0.0813 e. The van der Waals surface area contributed by atoms with Gasteiger partial charge in [-0.25, -0.2) is 0 Å². The number of aliphatic hydroxyl groups excluding tert-OH is 3. The van der Waals surface area contributed by atoms with Crippen LogP contribution in [0.4, 0.5) is 0 Å². The lowest BCUT2D eigenvalue weighted by molar-refractivity contribution is -0.218. The fourth-order valence-electron chi connectivity index (χ4n) is 9.97. The molecular formula is C22H33NO3. The summed E-state index contributed by atoms with van der Waals surface area (Å²) in [6, 6.07) is 0.373. The molecule has 0 aromatic rings. The molecule has 6 rings (SSSR count). The summed E-state index contributed by atoms with van der Waals surface area (Å²) in [6.45, 7) is 11.1. The smallest absolute Gasteiger partial charge is 0.0813 e. The van der Waals surface area contributed by atoms with Crippen molar-refractivity contribution in [1.29, 1.82) is 0 Å². The lowest BCUT2D eigenvalue weighted by Gasteiger charge is -2.65. The SMILES string of the molecule is C=C1[C@H]2C[C@@]3([C@@H]1O)[C@@H](C[C@@H]2O)[C@@]12C4[C@@H]3C[C@@H]1[C@@](C)(CC[C@H]2O)CN4CC. The van der Waals surface area contributed by atoms with Crippen molar-refractivity contribution < 1.29 is 15.3 Å². The molecule has 0 amide bonds. The molecule has 4 nitrogen and oxygen atoms in total. The van der Waals surface area contributed by atoms with E-state index < -0.39 is 12.2 Å². The third-order valence-corrected chi connectivity index (χ3v) is 10.6.